The molecule has 142 valence electrons. The molecule has 0 aliphatic carbocycles. The van der Waals surface area contributed by atoms with Gasteiger partial charge in [-0.2, -0.15) is 0 Å². The molecular formula is C25H24O3. The number of phenolic OH excluding ortho intramolecular Hbond substituents is 1. The van der Waals surface area contributed by atoms with Crippen LogP contribution in [0.5, 0.6) is 17.2 Å². The SMILES string of the molecule is COc1ccc(/C=C2\CCOc3ccc(C)cc3C2c2ccc(O)cc2)cc1. The molecule has 4 rings (SSSR count). The smallest absolute Gasteiger partial charge is 0.123 e. The van der Waals surface area contributed by atoms with Gasteiger partial charge in [0.05, 0.1) is 13.7 Å². The van der Waals surface area contributed by atoms with Crippen LogP contribution in [0.25, 0.3) is 6.08 Å². The first-order chi connectivity index (χ1) is 13.6. The second-order valence-corrected chi connectivity index (χ2v) is 7.16. The first-order valence-electron chi connectivity index (χ1n) is 9.51. The summed E-state index contributed by atoms with van der Waals surface area (Å²) in [7, 11) is 1.68. The molecular weight excluding hydrogens is 348 g/mol. The summed E-state index contributed by atoms with van der Waals surface area (Å²) in [5.41, 5.74) is 5.95. The molecule has 1 aliphatic heterocycles. The van der Waals surface area contributed by atoms with E-state index in [1.807, 2.05) is 24.3 Å². The van der Waals surface area contributed by atoms with Crippen molar-refractivity contribution in [3.63, 3.8) is 0 Å². The Labute approximate surface area is 165 Å². The molecule has 28 heavy (non-hydrogen) atoms. The Bertz CT molecular complexity index is 985. The van der Waals surface area contributed by atoms with E-state index in [2.05, 4.69) is 43.3 Å². The van der Waals surface area contributed by atoms with Crippen molar-refractivity contribution >= 4 is 6.08 Å². The van der Waals surface area contributed by atoms with Crippen LogP contribution in [-0.2, 0) is 0 Å². The van der Waals surface area contributed by atoms with Crippen molar-refractivity contribution in [3.8, 4) is 17.2 Å². The zero-order chi connectivity index (χ0) is 19.5. The number of methoxy groups -OCH3 is 1. The Morgan fingerprint density at radius 1 is 1.00 bits per heavy atom. The van der Waals surface area contributed by atoms with E-state index in [-0.39, 0.29) is 11.7 Å². The molecule has 0 spiro atoms. The van der Waals surface area contributed by atoms with E-state index in [0.717, 1.165) is 29.0 Å². The second kappa shape index (κ2) is 7.81. The zero-order valence-electron chi connectivity index (χ0n) is 16.2. The quantitative estimate of drug-likeness (QED) is 0.640. The molecule has 1 N–H and O–H groups in total. The lowest BCUT2D eigenvalue weighted by Gasteiger charge is -2.21. The van der Waals surface area contributed by atoms with Crippen molar-refractivity contribution in [2.24, 2.45) is 0 Å². The average molecular weight is 372 g/mol. The second-order valence-electron chi connectivity index (χ2n) is 7.16. The van der Waals surface area contributed by atoms with Crippen LogP contribution in [-0.4, -0.2) is 18.8 Å². The van der Waals surface area contributed by atoms with Crippen LogP contribution in [0.3, 0.4) is 0 Å². The molecule has 0 aromatic heterocycles. The van der Waals surface area contributed by atoms with Gasteiger partial charge in [-0.15, -0.1) is 0 Å². The number of benzene rings is 3. The average Bonchev–Trinajstić information content (AvgIpc) is 2.88. The lowest BCUT2D eigenvalue weighted by molar-refractivity contribution is 0.326. The lowest BCUT2D eigenvalue weighted by atomic mass is 9.82. The predicted octanol–water partition coefficient (Wildman–Crippen LogP) is 5.71. The molecule has 3 aromatic rings. The van der Waals surface area contributed by atoms with Gasteiger partial charge in [0, 0.05) is 17.9 Å². The van der Waals surface area contributed by atoms with Crippen molar-refractivity contribution < 1.29 is 14.6 Å². The van der Waals surface area contributed by atoms with Gasteiger partial charge < -0.3 is 14.6 Å². The van der Waals surface area contributed by atoms with E-state index < -0.39 is 0 Å². The zero-order valence-corrected chi connectivity index (χ0v) is 16.2. The van der Waals surface area contributed by atoms with Crippen molar-refractivity contribution in [1.29, 1.82) is 0 Å². The molecule has 0 fully saturated rings. The maximum atomic E-state index is 9.75. The van der Waals surface area contributed by atoms with Crippen LogP contribution >= 0.6 is 0 Å². The number of aryl methyl sites for hydroxylation is 1. The first-order valence-corrected chi connectivity index (χ1v) is 9.51. The minimum absolute atomic E-state index is 0.0834. The van der Waals surface area contributed by atoms with E-state index in [4.69, 9.17) is 9.47 Å². The summed E-state index contributed by atoms with van der Waals surface area (Å²) < 4.78 is 11.3. The third-order valence-corrected chi connectivity index (χ3v) is 5.19. The number of rotatable bonds is 3. The molecule has 3 aromatic carbocycles. The Morgan fingerprint density at radius 2 is 1.75 bits per heavy atom. The normalized spacial score (nSPS) is 17.5. The van der Waals surface area contributed by atoms with Crippen LogP contribution in [0.15, 0.2) is 72.3 Å². The molecule has 0 saturated heterocycles. The van der Waals surface area contributed by atoms with Gasteiger partial charge in [-0.1, -0.05) is 53.6 Å². The monoisotopic (exact) mass is 372 g/mol. The number of hydrogen-bond acceptors (Lipinski definition) is 3. The molecule has 0 amide bonds. The third kappa shape index (κ3) is 3.74. The highest BCUT2D eigenvalue weighted by Gasteiger charge is 2.25. The fraction of sp³-hybridized carbons (Fsp3) is 0.200. The van der Waals surface area contributed by atoms with Gasteiger partial charge in [-0.25, -0.2) is 0 Å². The first kappa shape index (κ1) is 18.2. The minimum atomic E-state index is 0.0834. The number of phenols is 1. The van der Waals surface area contributed by atoms with Gasteiger partial charge >= 0.3 is 0 Å². The van der Waals surface area contributed by atoms with E-state index in [0.29, 0.717) is 6.61 Å². The van der Waals surface area contributed by atoms with E-state index in [1.54, 1.807) is 19.2 Å². The Morgan fingerprint density at radius 3 is 2.46 bits per heavy atom. The van der Waals surface area contributed by atoms with E-state index >= 15 is 0 Å². The maximum Gasteiger partial charge on any atom is 0.123 e. The van der Waals surface area contributed by atoms with Gasteiger partial charge in [0.2, 0.25) is 0 Å². The van der Waals surface area contributed by atoms with Gasteiger partial charge in [-0.3, -0.25) is 0 Å². The molecule has 1 unspecified atom stereocenters. The molecule has 0 bridgehead atoms. The lowest BCUT2D eigenvalue weighted by Crippen LogP contribution is -2.04. The Kier molecular flexibility index (Phi) is 5.07. The van der Waals surface area contributed by atoms with E-state index in [1.165, 1.54) is 16.7 Å². The Balaban J connectivity index is 1.84. The summed E-state index contributed by atoms with van der Waals surface area (Å²) in [4.78, 5) is 0. The molecule has 3 heteroatoms. The standard InChI is InChI=1S/C25H24O3/c1-17-3-12-24-23(15-17)25(19-6-8-21(26)9-7-19)20(13-14-28-24)16-18-4-10-22(27-2)11-5-18/h3-12,15-16,25-26H,13-14H2,1-2H3/b20-16+. The minimum Gasteiger partial charge on any atom is -0.508 e. The summed E-state index contributed by atoms with van der Waals surface area (Å²) in [6, 6.07) is 22.0. The number of hydrogen-bond donors (Lipinski definition) is 1. The van der Waals surface area contributed by atoms with Crippen LogP contribution < -0.4 is 9.47 Å². The summed E-state index contributed by atoms with van der Waals surface area (Å²) >= 11 is 0. The largest absolute Gasteiger partial charge is 0.508 e. The number of ether oxygens (including phenoxy) is 2. The summed E-state index contributed by atoms with van der Waals surface area (Å²) in [6.07, 6.45) is 3.09. The molecule has 1 heterocycles. The van der Waals surface area contributed by atoms with Crippen molar-refractivity contribution in [1.82, 2.24) is 0 Å². The molecule has 3 nitrogen and oxygen atoms in total. The van der Waals surface area contributed by atoms with Crippen molar-refractivity contribution in [3.05, 3.63) is 94.6 Å². The molecule has 1 aliphatic rings. The molecule has 1 atom stereocenters. The van der Waals surface area contributed by atoms with Crippen molar-refractivity contribution in [2.45, 2.75) is 19.3 Å². The Hall–Kier alpha value is -3.20. The summed E-state index contributed by atoms with van der Waals surface area (Å²) in [5.74, 6) is 2.14. The highest BCUT2D eigenvalue weighted by atomic mass is 16.5. The van der Waals surface area contributed by atoms with Gasteiger partial charge in [-0.05, 0) is 48.4 Å². The highest BCUT2D eigenvalue weighted by molar-refractivity contribution is 5.61. The fourth-order valence-electron chi connectivity index (χ4n) is 3.78. The topological polar surface area (TPSA) is 38.7 Å². The van der Waals surface area contributed by atoms with Crippen molar-refractivity contribution in [2.75, 3.05) is 13.7 Å². The summed E-state index contributed by atoms with van der Waals surface area (Å²) in [6.45, 7) is 2.75. The van der Waals surface area contributed by atoms with E-state index in [9.17, 15) is 5.11 Å². The third-order valence-electron chi connectivity index (χ3n) is 5.19. The predicted molar refractivity (Wildman–Crippen MR) is 112 cm³/mol. The maximum absolute atomic E-state index is 9.75. The van der Waals surface area contributed by atoms with Crippen LogP contribution in [0.4, 0.5) is 0 Å². The van der Waals surface area contributed by atoms with Crippen LogP contribution in [0.1, 0.15) is 34.6 Å². The summed E-state index contributed by atoms with van der Waals surface area (Å²) in [5, 5.41) is 9.75. The number of fused-ring (bicyclic) bond motifs is 1. The molecule has 0 saturated carbocycles. The van der Waals surface area contributed by atoms with Gasteiger partial charge in [0.15, 0.2) is 0 Å². The highest BCUT2D eigenvalue weighted by Crippen LogP contribution is 2.42. The van der Waals surface area contributed by atoms with Gasteiger partial charge in [0.25, 0.3) is 0 Å². The van der Waals surface area contributed by atoms with Crippen LogP contribution in [0, 0.1) is 6.92 Å². The van der Waals surface area contributed by atoms with Crippen LogP contribution in [0.2, 0.25) is 0 Å². The fourth-order valence-corrected chi connectivity index (χ4v) is 3.78. The molecule has 0 radical (unpaired) electrons. The van der Waals surface area contributed by atoms with Gasteiger partial charge in [0.1, 0.15) is 17.2 Å². The number of aromatic hydroxyl groups is 1.